The molecule has 20 heavy (non-hydrogen) atoms. The lowest BCUT2D eigenvalue weighted by Gasteiger charge is -2.27. The van der Waals surface area contributed by atoms with Crippen LogP contribution >= 0.6 is 11.8 Å². The highest BCUT2D eigenvalue weighted by atomic mass is 32.2. The summed E-state index contributed by atoms with van der Waals surface area (Å²) < 4.78 is 0. The number of carbonyl (C=O) groups is 1. The van der Waals surface area contributed by atoms with Crippen LogP contribution in [0.3, 0.4) is 0 Å². The summed E-state index contributed by atoms with van der Waals surface area (Å²) >= 11 is 1.95. The summed E-state index contributed by atoms with van der Waals surface area (Å²) in [7, 11) is 0. The average molecular weight is 290 g/mol. The molecule has 0 spiro atoms. The molecule has 3 nitrogen and oxygen atoms in total. The van der Waals surface area contributed by atoms with E-state index in [1.165, 1.54) is 12.0 Å². The summed E-state index contributed by atoms with van der Waals surface area (Å²) in [6.07, 6.45) is 4.00. The molecule has 1 atom stereocenters. The Kier molecular flexibility index (Phi) is 4.63. The van der Waals surface area contributed by atoms with Gasteiger partial charge in [0, 0.05) is 42.7 Å². The first-order valence-electron chi connectivity index (χ1n) is 7.54. The summed E-state index contributed by atoms with van der Waals surface area (Å²) in [5.41, 5.74) is 2.46. The second kappa shape index (κ2) is 6.64. The predicted octanol–water partition coefficient (Wildman–Crippen LogP) is 2.45. The molecule has 3 rings (SSSR count). The average Bonchev–Trinajstić information content (AvgIpc) is 2.70. The lowest BCUT2D eigenvalue weighted by Crippen LogP contribution is -2.43. The number of amides is 1. The van der Waals surface area contributed by atoms with Crippen molar-refractivity contribution >= 4 is 23.4 Å². The molecule has 0 radical (unpaired) electrons. The maximum Gasteiger partial charge on any atom is 0.228 e. The predicted molar refractivity (Wildman–Crippen MR) is 85.5 cm³/mol. The first-order chi connectivity index (χ1) is 9.84. The third-order valence-corrected chi connectivity index (χ3v) is 5.21. The van der Waals surface area contributed by atoms with Crippen LogP contribution in [-0.2, 0) is 11.2 Å². The van der Waals surface area contributed by atoms with E-state index in [4.69, 9.17) is 0 Å². The summed E-state index contributed by atoms with van der Waals surface area (Å²) in [6.45, 7) is 1.90. The van der Waals surface area contributed by atoms with Gasteiger partial charge in [-0.05, 0) is 30.9 Å². The minimum Gasteiger partial charge on any atom is -0.312 e. The van der Waals surface area contributed by atoms with Crippen LogP contribution in [0.25, 0.3) is 0 Å². The highest BCUT2D eigenvalue weighted by Crippen LogP contribution is 2.27. The number of fused-ring (bicyclic) bond motifs is 1. The zero-order valence-electron chi connectivity index (χ0n) is 11.8. The lowest BCUT2D eigenvalue weighted by molar-refractivity contribution is -0.119. The first kappa shape index (κ1) is 14.0. The SMILES string of the molecule is O=C(CC1CSCCN1)N1CCCCc2ccccc21. The zero-order chi connectivity index (χ0) is 13.8. The molecule has 4 heteroatoms. The van der Waals surface area contributed by atoms with Crippen molar-refractivity contribution in [3.8, 4) is 0 Å². The second-order valence-corrected chi connectivity index (χ2v) is 6.71. The maximum atomic E-state index is 12.7. The van der Waals surface area contributed by atoms with E-state index >= 15 is 0 Å². The van der Waals surface area contributed by atoms with Crippen molar-refractivity contribution in [3.63, 3.8) is 0 Å². The van der Waals surface area contributed by atoms with Crippen molar-refractivity contribution < 1.29 is 4.79 Å². The van der Waals surface area contributed by atoms with Gasteiger partial charge in [0.1, 0.15) is 0 Å². The molecule has 0 bridgehead atoms. The van der Waals surface area contributed by atoms with Crippen molar-refractivity contribution in [2.75, 3.05) is 29.5 Å². The molecule has 1 saturated heterocycles. The number of nitrogens with zero attached hydrogens (tertiary/aromatic N) is 1. The van der Waals surface area contributed by atoms with Crippen LogP contribution in [0.4, 0.5) is 5.69 Å². The van der Waals surface area contributed by atoms with Gasteiger partial charge in [0.2, 0.25) is 5.91 Å². The highest BCUT2D eigenvalue weighted by molar-refractivity contribution is 7.99. The normalized spacial score (nSPS) is 23.0. The molecule has 0 aromatic heterocycles. The van der Waals surface area contributed by atoms with E-state index in [-0.39, 0.29) is 5.91 Å². The molecule has 1 aromatic rings. The third kappa shape index (κ3) is 3.18. The van der Waals surface area contributed by atoms with E-state index < -0.39 is 0 Å². The number of benzene rings is 1. The van der Waals surface area contributed by atoms with Crippen LogP contribution in [0, 0.1) is 0 Å². The fourth-order valence-electron chi connectivity index (χ4n) is 3.02. The summed E-state index contributed by atoms with van der Waals surface area (Å²) in [5.74, 6) is 2.50. The summed E-state index contributed by atoms with van der Waals surface area (Å²) in [4.78, 5) is 14.7. The van der Waals surface area contributed by atoms with E-state index in [9.17, 15) is 4.79 Å². The standard InChI is InChI=1S/C16H22N2OS/c19-16(11-14-12-20-10-8-17-14)18-9-4-3-6-13-5-1-2-7-15(13)18/h1-2,5,7,14,17H,3-4,6,8-12H2. The topological polar surface area (TPSA) is 32.3 Å². The maximum absolute atomic E-state index is 12.7. The number of para-hydroxylation sites is 1. The number of rotatable bonds is 2. The molecule has 108 valence electrons. The molecular weight excluding hydrogens is 268 g/mol. The van der Waals surface area contributed by atoms with Crippen molar-refractivity contribution in [1.82, 2.24) is 5.32 Å². The van der Waals surface area contributed by atoms with Gasteiger partial charge in [0.05, 0.1) is 0 Å². The number of thioether (sulfide) groups is 1. The molecule has 2 aliphatic rings. The smallest absolute Gasteiger partial charge is 0.228 e. The molecule has 1 N–H and O–H groups in total. The minimum absolute atomic E-state index is 0.277. The van der Waals surface area contributed by atoms with Gasteiger partial charge in [-0.3, -0.25) is 4.79 Å². The van der Waals surface area contributed by atoms with Gasteiger partial charge in [0.25, 0.3) is 0 Å². The van der Waals surface area contributed by atoms with Gasteiger partial charge >= 0.3 is 0 Å². The fraction of sp³-hybridized carbons (Fsp3) is 0.562. The zero-order valence-corrected chi connectivity index (χ0v) is 12.6. The van der Waals surface area contributed by atoms with Gasteiger partial charge in [0.15, 0.2) is 0 Å². The largest absolute Gasteiger partial charge is 0.312 e. The number of aryl methyl sites for hydroxylation is 1. The Morgan fingerprint density at radius 3 is 3.10 bits per heavy atom. The Labute approximate surface area is 125 Å². The quantitative estimate of drug-likeness (QED) is 0.908. The molecule has 1 aromatic carbocycles. The Bertz CT molecular complexity index is 471. The van der Waals surface area contributed by atoms with E-state index in [0.717, 1.165) is 43.1 Å². The van der Waals surface area contributed by atoms with Crippen LogP contribution in [0.2, 0.25) is 0 Å². The van der Waals surface area contributed by atoms with Crippen LogP contribution in [0.5, 0.6) is 0 Å². The van der Waals surface area contributed by atoms with Gasteiger partial charge in [-0.15, -0.1) is 0 Å². The van der Waals surface area contributed by atoms with Crippen LogP contribution in [-0.4, -0.2) is 36.5 Å². The summed E-state index contributed by atoms with van der Waals surface area (Å²) in [6, 6.07) is 8.72. The monoisotopic (exact) mass is 290 g/mol. The lowest BCUT2D eigenvalue weighted by atomic mass is 10.1. The third-order valence-electron chi connectivity index (χ3n) is 4.08. The van der Waals surface area contributed by atoms with Gasteiger partial charge in [-0.2, -0.15) is 11.8 Å². The Morgan fingerprint density at radius 2 is 2.25 bits per heavy atom. The Morgan fingerprint density at radius 1 is 1.35 bits per heavy atom. The van der Waals surface area contributed by atoms with E-state index in [0.29, 0.717) is 12.5 Å². The van der Waals surface area contributed by atoms with E-state index in [1.807, 2.05) is 22.7 Å². The van der Waals surface area contributed by atoms with Crippen molar-refractivity contribution in [2.24, 2.45) is 0 Å². The molecule has 2 heterocycles. The number of hydrogen-bond acceptors (Lipinski definition) is 3. The fourth-order valence-corrected chi connectivity index (χ4v) is 3.97. The molecule has 1 unspecified atom stereocenters. The van der Waals surface area contributed by atoms with Crippen molar-refractivity contribution in [3.05, 3.63) is 29.8 Å². The summed E-state index contributed by atoms with van der Waals surface area (Å²) in [5, 5.41) is 3.46. The number of carbonyl (C=O) groups excluding carboxylic acids is 1. The molecule has 1 amide bonds. The number of anilines is 1. The van der Waals surface area contributed by atoms with Gasteiger partial charge in [-0.25, -0.2) is 0 Å². The molecular formula is C16H22N2OS. The molecule has 0 aliphatic carbocycles. The Balaban J connectivity index is 1.73. The van der Waals surface area contributed by atoms with Gasteiger partial charge < -0.3 is 10.2 Å². The van der Waals surface area contributed by atoms with Crippen LogP contribution in [0.1, 0.15) is 24.8 Å². The van der Waals surface area contributed by atoms with Crippen molar-refractivity contribution in [1.29, 1.82) is 0 Å². The molecule has 1 fully saturated rings. The van der Waals surface area contributed by atoms with Crippen LogP contribution in [0.15, 0.2) is 24.3 Å². The van der Waals surface area contributed by atoms with Crippen molar-refractivity contribution in [2.45, 2.75) is 31.7 Å². The molecule has 0 saturated carbocycles. The number of nitrogens with one attached hydrogen (secondary N) is 1. The van der Waals surface area contributed by atoms with Crippen LogP contribution < -0.4 is 10.2 Å². The molecule has 2 aliphatic heterocycles. The van der Waals surface area contributed by atoms with E-state index in [1.54, 1.807) is 0 Å². The second-order valence-electron chi connectivity index (χ2n) is 5.56. The number of hydrogen-bond donors (Lipinski definition) is 1. The Hall–Kier alpha value is -1.00. The van der Waals surface area contributed by atoms with Gasteiger partial charge in [-0.1, -0.05) is 18.2 Å². The van der Waals surface area contributed by atoms with E-state index in [2.05, 4.69) is 23.5 Å². The highest BCUT2D eigenvalue weighted by Gasteiger charge is 2.24. The first-order valence-corrected chi connectivity index (χ1v) is 8.69. The minimum atomic E-state index is 0.277.